The molecule has 3 rings (SSSR count). The lowest BCUT2D eigenvalue weighted by Crippen LogP contribution is -2.12. The molecule has 0 radical (unpaired) electrons. The predicted octanol–water partition coefficient (Wildman–Crippen LogP) is 5.57. The molecule has 6 nitrogen and oxygen atoms in total. The van der Waals surface area contributed by atoms with Crippen LogP contribution < -0.4 is 10.5 Å². The zero-order valence-electron chi connectivity index (χ0n) is 15.9. The molecular formula is C20H11BrF5N3O3. The molecule has 2 aromatic carbocycles. The minimum absolute atomic E-state index is 0.000461. The second kappa shape index (κ2) is 8.51. The minimum atomic E-state index is -4.97. The van der Waals surface area contributed by atoms with E-state index in [2.05, 4.69) is 20.7 Å². The van der Waals surface area contributed by atoms with Gasteiger partial charge in [0.2, 0.25) is 0 Å². The molecule has 0 bridgehead atoms. The summed E-state index contributed by atoms with van der Waals surface area (Å²) in [7, 11) is 1.08. The maximum absolute atomic E-state index is 14.3. The molecule has 166 valence electrons. The Bertz CT molecular complexity index is 1240. The number of nitriles is 1. The van der Waals surface area contributed by atoms with Crippen molar-refractivity contribution in [3.05, 3.63) is 69.5 Å². The summed E-state index contributed by atoms with van der Waals surface area (Å²) < 4.78 is 78.5. The lowest BCUT2D eigenvalue weighted by molar-refractivity contribution is -0.138. The number of esters is 1. The van der Waals surface area contributed by atoms with E-state index in [9.17, 15) is 32.0 Å². The number of rotatable bonds is 4. The van der Waals surface area contributed by atoms with E-state index in [0.717, 1.165) is 11.7 Å². The van der Waals surface area contributed by atoms with E-state index in [1.807, 2.05) is 0 Å². The predicted molar refractivity (Wildman–Crippen MR) is 105 cm³/mol. The van der Waals surface area contributed by atoms with Gasteiger partial charge in [0.1, 0.15) is 6.07 Å². The standard InChI is InChI=1S/C20H11BrF5N3O3/c1-31-19(30)17-16(28)9(7-27)8-29(17)14-3-2-11(21)6-15(14)32-18-12(22)4-10(5-13(18)23)20(24,25)26/h2-6,8H,28H2,1H3. The quantitative estimate of drug-likeness (QED) is 0.362. The molecule has 12 heteroatoms. The number of nitrogens with two attached hydrogens (primary N) is 1. The molecule has 2 N–H and O–H groups in total. The van der Waals surface area contributed by atoms with Crippen LogP contribution in [-0.4, -0.2) is 17.6 Å². The maximum Gasteiger partial charge on any atom is 0.416 e. The first-order valence-corrected chi connectivity index (χ1v) is 9.30. The van der Waals surface area contributed by atoms with Crippen molar-refractivity contribution < 1.29 is 36.2 Å². The van der Waals surface area contributed by atoms with Gasteiger partial charge >= 0.3 is 12.1 Å². The molecule has 0 unspecified atom stereocenters. The van der Waals surface area contributed by atoms with Crippen LogP contribution in [0.25, 0.3) is 5.69 Å². The first-order chi connectivity index (χ1) is 15.0. The van der Waals surface area contributed by atoms with Crippen molar-refractivity contribution >= 4 is 27.6 Å². The summed E-state index contributed by atoms with van der Waals surface area (Å²) in [5, 5.41) is 9.25. The molecule has 1 aromatic heterocycles. The van der Waals surface area contributed by atoms with Crippen LogP contribution in [0.3, 0.4) is 0 Å². The van der Waals surface area contributed by atoms with E-state index in [0.29, 0.717) is 4.47 Å². The molecule has 3 aromatic rings. The van der Waals surface area contributed by atoms with E-state index < -0.39 is 35.1 Å². The largest absolute Gasteiger partial charge is 0.464 e. The Morgan fingerprint density at radius 3 is 2.34 bits per heavy atom. The van der Waals surface area contributed by atoms with E-state index in [1.54, 1.807) is 6.07 Å². The van der Waals surface area contributed by atoms with Crippen molar-refractivity contribution in [2.24, 2.45) is 0 Å². The molecule has 0 amide bonds. The normalized spacial score (nSPS) is 11.2. The van der Waals surface area contributed by atoms with Crippen LogP contribution in [0.15, 0.2) is 41.0 Å². The van der Waals surface area contributed by atoms with Crippen LogP contribution in [-0.2, 0) is 10.9 Å². The lowest BCUT2D eigenvalue weighted by atomic mass is 10.2. The number of halogens is 6. The Balaban J connectivity index is 2.19. The number of ether oxygens (including phenoxy) is 2. The second-order valence-electron chi connectivity index (χ2n) is 6.26. The summed E-state index contributed by atoms with van der Waals surface area (Å²) in [6, 6.07) is 6.10. The number of nitrogen functional groups attached to an aromatic ring is 1. The highest BCUT2D eigenvalue weighted by Gasteiger charge is 2.33. The number of nitrogens with zero attached hydrogens (tertiary/aromatic N) is 2. The molecule has 0 saturated heterocycles. The summed E-state index contributed by atoms with van der Waals surface area (Å²) in [6.45, 7) is 0. The van der Waals surface area contributed by atoms with Gasteiger partial charge in [0.05, 0.1) is 29.6 Å². The number of benzene rings is 2. The highest BCUT2D eigenvalue weighted by Crippen LogP contribution is 2.39. The van der Waals surface area contributed by atoms with Gasteiger partial charge in [0.25, 0.3) is 0 Å². The third kappa shape index (κ3) is 4.24. The topological polar surface area (TPSA) is 90.3 Å². The average molecular weight is 516 g/mol. The summed E-state index contributed by atoms with van der Waals surface area (Å²) >= 11 is 3.16. The number of aromatic nitrogens is 1. The first-order valence-electron chi connectivity index (χ1n) is 8.51. The van der Waals surface area contributed by atoms with Crippen LogP contribution in [0.5, 0.6) is 11.5 Å². The molecular weight excluding hydrogens is 505 g/mol. The third-order valence-corrected chi connectivity index (χ3v) is 4.76. The molecule has 32 heavy (non-hydrogen) atoms. The van der Waals surface area contributed by atoms with Crippen LogP contribution in [0, 0.1) is 23.0 Å². The lowest BCUT2D eigenvalue weighted by Gasteiger charge is -2.16. The molecule has 0 aliphatic heterocycles. The second-order valence-corrected chi connectivity index (χ2v) is 7.18. The molecule has 0 saturated carbocycles. The number of alkyl halides is 3. The number of methoxy groups -OCH3 is 1. The van der Waals surface area contributed by atoms with Crippen molar-refractivity contribution in [2.75, 3.05) is 12.8 Å². The third-order valence-electron chi connectivity index (χ3n) is 4.26. The van der Waals surface area contributed by atoms with E-state index in [4.69, 9.17) is 10.5 Å². The molecule has 0 aliphatic carbocycles. The van der Waals surface area contributed by atoms with Crippen LogP contribution in [0.4, 0.5) is 27.6 Å². The number of carbonyl (C=O) groups excluding carboxylic acids is 1. The summed E-state index contributed by atoms with van der Waals surface area (Å²) in [4.78, 5) is 12.2. The summed E-state index contributed by atoms with van der Waals surface area (Å²) in [5.74, 6) is -5.47. The van der Waals surface area contributed by atoms with Crippen molar-refractivity contribution in [1.82, 2.24) is 4.57 Å². The summed E-state index contributed by atoms with van der Waals surface area (Å²) in [5.41, 5.74) is 3.76. The highest BCUT2D eigenvalue weighted by molar-refractivity contribution is 9.10. The Kier molecular flexibility index (Phi) is 6.13. The molecule has 0 fully saturated rings. The summed E-state index contributed by atoms with van der Waals surface area (Å²) in [6.07, 6.45) is -3.79. The van der Waals surface area contributed by atoms with Crippen LogP contribution in [0.2, 0.25) is 0 Å². The molecule has 0 atom stereocenters. The van der Waals surface area contributed by atoms with Gasteiger partial charge in [0.15, 0.2) is 28.8 Å². The molecule has 0 spiro atoms. The zero-order chi connectivity index (χ0) is 23.8. The van der Waals surface area contributed by atoms with Crippen LogP contribution >= 0.6 is 15.9 Å². The van der Waals surface area contributed by atoms with Gasteiger partial charge in [-0.05, 0) is 30.3 Å². The Morgan fingerprint density at radius 2 is 1.81 bits per heavy atom. The van der Waals surface area contributed by atoms with Gasteiger partial charge in [-0.1, -0.05) is 15.9 Å². The first kappa shape index (κ1) is 23.1. The van der Waals surface area contributed by atoms with Crippen molar-refractivity contribution in [3.8, 4) is 23.3 Å². The van der Waals surface area contributed by atoms with Gasteiger partial charge in [-0.2, -0.15) is 18.4 Å². The van der Waals surface area contributed by atoms with E-state index in [-0.39, 0.29) is 40.5 Å². The number of carbonyl (C=O) groups is 1. The van der Waals surface area contributed by atoms with Crippen molar-refractivity contribution in [2.45, 2.75) is 6.18 Å². The number of hydrogen-bond donors (Lipinski definition) is 1. The zero-order valence-corrected chi connectivity index (χ0v) is 17.5. The van der Waals surface area contributed by atoms with Gasteiger partial charge in [0, 0.05) is 10.7 Å². The van der Waals surface area contributed by atoms with E-state index >= 15 is 0 Å². The number of hydrogen-bond acceptors (Lipinski definition) is 5. The SMILES string of the molecule is COC(=O)c1c(N)c(C#N)cn1-c1ccc(Br)cc1Oc1c(F)cc(C(F)(F)F)cc1F. The monoisotopic (exact) mass is 515 g/mol. The maximum atomic E-state index is 14.3. The minimum Gasteiger partial charge on any atom is -0.464 e. The van der Waals surface area contributed by atoms with Crippen molar-refractivity contribution in [3.63, 3.8) is 0 Å². The average Bonchev–Trinajstić information content (AvgIpc) is 3.05. The van der Waals surface area contributed by atoms with Gasteiger partial charge < -0.3 is 19.8 Å². The van der Waals surface area contributed by atoms with Gasteiger partial charge in [-0.15, -0.1) is 0 Å². The number of anilines is 1. The van der Waals surface area contributed by atoms with Gasteiger partial charge in [-0.25, -0.2) is 13.6 Å². The Labute approximate surface area is 185 Å². The molecule has 0 aliphatic rings. The fourth-order valence-corrected chi connectivity index (χ4v) is 3.14. The molecule has 1 heterocycles. The Hall–Kier alpha value is -3.59. The van der Waals surface area contributed by atoms with Crippen molar-refractivity contribution in [1.29, 1.82) is 5.26 Å². The van der Waals surface area contributed by atoms with Crippen LogP contribution in [0.1, 0.15) is 21.6 Å². The van der Waals surface area contributed by atoms with E-state index in [1.165, 1.54) is 24.4 Å². The van der Waals surface area contributed by atoms with Gasteiger partial charge in [-0.3, -0.25) is 0 Å². The smallest absolute Gasteiger partial charge is 0.416 e. The fraction of sp³-hybridized carbons (Fsp3) is 0.100. The highest BCUT2D eigenvalue weighted by atomic mass is 79.9. The fourth-order valence-electron chi connectivity index (χ4n) is 2.80. The Morgan fingerprint density at radius 1 is 1.19 bits per heavy atom.